The first-order valence-electron chi connectivity index (χ1n) is 7.32. The van der Waals surface area contributed by atoms with Crippen molar-refractivity contribution in [2.24, 2.45) is 0 Å². The first-order valence-corrected chi connectivity index (χ1v) is 7.32. The highest BCUT2D eigenvalue weighted by Crippen LogP contribution is 2.05. The summed E-state index contributed by atoms with van der Waals surface area (Å²) in [6.45, 7) is 7.33. The molecule has 2 amide bonds. The summed E-state index contributed by atoms with van der Waals surface area (Å²) in [5.41, 5.74) is 1.28. The molecule has 0 radical (unpaired) electrons. The second kappa shape index (κ2) is 8.29. The van der Waals surface area contributed by atoms with Gasteiger partial charge in [-0.3, -0.25) is 0 Å². The van der Waals surface area contributed by atoms with E-state index < -0.39 is 5.97 Å². The van der Waals surface area contributed by atoms with E-state index in [0.29, 0.717) is 13.0 Å². The molecule has 116 valence electrons. The van der Waals surface area contributed by atoms with Gasteiger partial charge in [-0.25, -0.2) is 9.59 Å². The molecule has 5 heteroatoms. The fourth-order valence-electron chi connectivity index (χ4n) is 2.06. The Labute approximate surface area is 126 Å². The van der Waals surface area contributed by atoms with Gasteiger partial charge in [0.25, 0.3) is 0 Å². The van der Waals surface area contributed by atoms with Gasteiger partial charge in [-0.15, -0.1) is 0 Å². The molecule has 1 aromatic carbocycles. The number of carboxylic acid groups (broad SMARTS) is 1. The van der Waals surface area contributed by atoms with Crippen LogP contribution in [0.4, 0.5) is 4.79 Å². The highest BCUT2D eigenvalue weighted by molar-refractivity contribution is 5.87. The second-order valence-corrected chi connectivity index (χ2v) is 5.27. The van der Waals surface area contributed by atoms with Gasteiger partial charge in [0.15, 0.2) is 0 Å². The van der Waals surface area contributed by atoms with Gasteiger partial charge < -0.3 is 15.3 Å². The van der Waals surface area contributed by atoms with Gasteiger partial charge in [-0.05, 0) is 44.4 Å². The Hall–Kier alpha value is -2.04. The molecule has 0 aliphatic carbocycles. The zero-order valence-electron chi connectivity index (χ0n) is 12.9. The van der Waals surface area contributed by atoms with E-state index in [0.717, 1.165) is 18.5 Å². The van der Waals surface area contributed by atoms with Crippen LogP contribution in [-0.2, 0) is 6.42 Å². The van der Waals surface area contributed by atoms with Gasteiger partial charge in [-0.2, -0.15) is 0 Å². The number of carbonyl (C=O) groups is 2. The number of nitrogens with one attached hydrogen (secondary N) is 1. The van der Waals surface area contributed by atoms with E-state index in [9.17, 15) is 9.59 Å². The summed E-state index contributed by atoms with van der Waals surface area (Å²) in [6.07, 6.45) is 1.62. The molecule has 2 N–H and O–H groups in total. The van der Waals surface area contributed by atoms with Gasteiger partial charge in [0.2, 0.25) is 0 Å². The maximum absolute atomic E-state index is 12.0. The van der Waals surface area contributed by atoms with E-state index in [1.807, 2.05) is 25.7 Å². The minimum atomic E-state index is -0.929. The zero-order chi connectivity index (χ0) is 15.8. The Morgan fingerprint density at radius 2 is 1.86 bits per heavy atom. The monoisotopic (exact) mass is 292 g/mol. The first kappa shape index (κ1) is 17.0. The third-order valence-electron chi connectivity index (χ3n) is 3.24. The quantitative estimate of drug-likeness (QED) is 0.812. The molecule has 1 rings (SSSR count). The van der Waals surface area contributed by atoms with Crippen molar-refractivity contribution in [1.29, 1.82) is 0 Å². The lowest BCUT2D eigenvalue weighted by Crippen LogP contribution is -2.44. The van der Waals surface area contributed by atoms with E-state index in [-0.39, 0.29) is 17.6 Å². The maximum Gasteiger partial charge on any atom is 0.335 e. The molecule has 0 spiro atoms. The molecule has 0 aromatic heterocycles. The summed E-state index contributed by atoms with van der Waals surface area (Å²) in [7, 11) is 0. The van der Waals surface area contributed by atoms with Crippen molar-refractivity contribution in [3.63, 3.8) is 0 Å². The predicted octanol–water partition coefficient (Wildman–Crippen LogP) is 2.76. The highest BCUT2D eigenvalue weighted by Gasteiger charge is 2.14. The lowest BCUT2D eigenvalue weighted by Gasteiger charge is -2.26. The number of hydrogen-bond donors (Lipinski definition) is 2. The van der Waals surface area contributed by atoms with Crippen LogP contribution in [0.2, 0.25) is 0 Å². The smallest absolute Gasteiger partial charge is 0.335 e. The van der Waals surface area contributed by atoms with Crippen LogP contribution in [0.1, 0.15) is 43.1 Å². The van der Waals surface area contributed by atoms with Gasteiger partial charge in [0.1, 0.15) is 0 Å². The fourth-order valence-corrected chi connectivity index (χ4v) is 2.06. The predicted molar refractivity (Wildman–Crippen MR) is 82.6 cm³/mol. The van der Waals surface area contributed by atoms with Crippen molar-refractivity contribution >= 4 is 12.0 Å². The number of nitrogens with zero attached hydrogens (tertiary/aromatic N) is 1. The molecule has 0 bridgehead atoms. The minimum Gasteiger partial charge on any atom is -0.478 e. The van der Waals surface area contributed by atoms with Crippen LogP contribution in [0.3, 0.4) is 0 Å². The molecule has 0 fully saturated rings. The average molecular weight is 292 g/mol. The van der Waals surface area contributed by atoms with Gasteiger partial charge in [0.05, 0.1) is 5.56 Å². The van der Waals surface area contributed by atoms with Gasteiger partial charge >= 0.3 is 12.0 Å². The summed E-state index contributed by atoms with van der Waals surface area (Å²) in [5, 5.41) is 11.7. The van der Waals surface area contributed by atoms with Crippen LogP contribution >= 0.6 is 0 Å². The Morgan fingerprint density at radius 1 is 1.24 bits per heavy atom. The van der Waals surface area contributed by atoms with Crippen molar-refractivity contribution in [2.75, 3.05) is 13.1 Å². The van der Waals surface area contributed by atoms with Crippen molar-refractivity contribution in [3.05, 3.63) is 35.4 Å². The SMILES string of the molecule is CCCN(C(=O)NCCc1ccc(C(=O)O)cc1)C(C)C. The summed E-state index contributed by atoms with van der Waals surface area (Å²) < 4.78 is 0. The molecule has 0 aliphatic rings. The molecule has 0 aliphatic heterocycles. The van der Waals surface area contributed by atoms with E-state index in [2.05, 4.69) is 5.32 Å². The molecule has 0 saturated heterocycles. The highest BCUT2D eigenvalue weighted by atomic mass is 16.4. The first-order chi connectivity index (χ1) is 9.95. The average Bonchev–Trinajstić information content (AvgIpc) is 2.44. The number of rotatable bonds is 7. The van der Waals surface area contributed by atoms with Crippen LogP contribution < -0.4 is 5.32 Å². The summed E-state index contributed by atoms with van der Waals surface area (Å²) in [5.74, 6) is -0.929. The molecule has 0 atom stereocenters. The van der Waals surface area contributed by atoms with Gasteiger partial charge in [0, 0.05) is 19.1 Å². The van der Waals surface area contributed by atoms with Crippen molar-refractivity contribution in [2.45, 2.75) is 39.7 Å². The molecule has 0 saturated carbocycles. The molecule has 0 unspecified atom stereocenters. The molecular formula is C16H24N2O3. The fraction of sp³-hybridized carbons (Fsp3) is 0.500. The van der Waals surface area contributed by atoms with Gasteiger partial charge in [-0.1, -0.05) is 19.1 Å². The van der Waals surface area contributed by atoms with Crippen LogP contribution in [0.5, 0.6) is 0 Å². The number of amides is 2. The Balaban J connectivity index is 2.45. The number of hydrogen-bond acceptors (Lipinski definition) is 2. The summed E-state index contributed by atoms with van der Waals surface area (Å²) in [6, 6.07) is 6.85. The third-order valence-corrected chi connectivity index (χ3v) is 3.24. The van der Waals surface area contributed by atoms with Crippen molar-refractivity contribution < 1.29 is 14.7 Å². The van der Waals surface area contributed by atoms with E-state index >= 15 is 0 Å². The van der Waals surface area contributed by atoms with E-state index in [1.54, 1.807) is 24.3 Å². The second-order valence-electron chi connectivity index (χ2n) is 5.27. The zero-order valence-corrected chi connectivity index (χ0v) is 12.9. The van der Waals surface area contributed by atoms with Crippen molar-refractivity contribution in [1.82, 2.24) is 10.2 Å². The molecule has 0 heterocycles. The molecular weight excluding hydrogens is 268 g/mol. The normalized spacial score (nSPS) is 10.5. The van der Waals surface area contributed by atoms with Crippen LogP contribution in [-0.4, -0.2) is 41.1 Å². The molecule has 21 heavy (non-hydrogen) atoms. The lowest BCUT2D eigenvalue weighted by molar-refractivity contribution is 0.0697. The van der Waals surface area contributed by atoms with E-state index in [4.69, 9.17) is 5.11 Å². The number of carbonyl (C=O) groups excluding carboxylic acids is 1. The molecule has 1 aromatic rings. The van der Waals surface area contributed by atoms with Crippen LogP contribution in [0.25, 0.3) is 0 Å². The number of carboxylic acids is 1. The lowest BCUT2D eigenvalue weighted by atomic mass is 10.1. The largest absolute Gasteiger partial charge is 0.478 e. The number of benzene rings is 1. The Kier molecular flexibility index (Phi) is 6.72. The van der Waals surface area contributed by atoms with Crippen LogP contribution in [0, 0.1) is 0 Å². The number of urea groups is 1. The Bertz CT molecular complexity index is 469. The summed E-state index contributed by atoms with van der Waals surface area (Å²) >= 11 is 0. The standard InChI is InChI=1S/C16H24N2O3/c1-4-11-18(12(2)3)16(21)17-10-9-13-5-7-14(8-6-13)15(19)20/h5-8,12H,4,9-11H2,1-3H3,(H,17,21)(H,19,20). The third kappa shape index (κ3) is 5.45. The summed E-state index contributed by atoms with van der Waals surface area (Å²) in [4.78, 5) is 24.6. The van der Waals surface area contributed by atoms with E-state index in [1.165, 1.54) is 0 Å². The number of aromatic carboxylic acids is 1. The minimum absolute atomic E-state index is 0.0472. The van der Waals surface area contributed by atoms with Crippen molar-refractivity contribution in [3.8, 4) is 0 Å². The maximum atomic E-state index is 12.0. The Morgan fingerprint density at radius 3 is 2.33 bits per heavy atom. The van der Waals surface area contributed by atoms with Crippen LogP contribution in [0.15, 0.2) is 24.3 Å². The molecule has 5 nitrogen and oxygen atoms in total. The topological polar surface area (TPSA) is 69.6 Å².